The van der Waals surface area contributed by atoms with E-state index in [0.29, 0.717) is 0 Å². The first-order valence-corrected chi connectivity index (χ1v) is 5.65. The van der Waals surface area contributed by atoms with E-state index in [1.54, 1.807) is 0 Å². The molecule has 1 unspecified atom stereocenters. The van der Waals surface area contributed by atoms with Crippen molar-refractivity contribution < 1.29 is 0 Å². The summed E-state index contributed by atoms with van der Waals surface area (Å²) < 4.78 is 0. The van der Waals surface area contributed by atoms with E-state index in [1.807, 2.05) is 0 Å². The number of nitrogens with two attached hydrogens (primary N) is 1. The molecule has 0 amide bonds. The number of hydrogen-bond donors (Lipinski definition) is 1. The molecule has 1 aliphatic rings. The molecule has 0 heterocycles. The predicted octanol–water partition coefficient (Wildman–Crippen LogP) is 3.47. The largest absolute Gasteiger partial charge is 0.324 e. The molecule has 0 aromatic heterocycles. The zero-order valence-corrected chi connectivity index (χ0v) is 10.1. The maximum absolute atomic E-state index is 6.19. The van der Waals surface area contributed by atoms with Crippen LogP contribution in [-0.4, -0.2) is 0 Å². The van der Waals surface area contributed by atoms with E-state index < -0.39 is 0 Å². The van der Waals surface area contributed by atoms with Crippen molar-refractivity contribution in [2.45, 2.75) is 38.6 Å². The molecule has 0 saturated heterocycles. The minimum atomic E-state index is 0. The third-order valence-corrected chi connectivity index (χ3v) is 3.43. The van der Waals surface area contributed by atoms with Crippen LogP contribution in [0.4, 0.5) is 0 Å². The lowest BCUT2D eigenvalue weighted by Crippen LogP contribution is -2.26. The van der Waals surface area contributed by atoms with Gasteiger partial charge in [-0.05, 0) is 36.3 Å². The van der Waals surface area contributed by atoms with Crippen LogP contribution >= 0.6 is 12.4 Å². The van der Waals surface area contributed by atoms with Crippen LogP contribution in [0.25, 0.3) is 0 Å². The summed E-state index contributed by atoms with van der Waals surface area (Å²) in [6.45, 7) is 2.18. The highest BCUT2D eigenvalue weighted by molar-refractivity contribution is 5.85. The molecule has 1 saturated carbocycles. The molecule has 15 heavy (non-hydrogen) atoms. The fraction of sp³-hybridized carbons (Fsp3) is 0.538. The van der Waals surface area contributed by atoms with Crippen molar-refractivity contribution in [3.63, 3.8) is 0 Å². The summed E-state index contributed by atoms with van der Waals surface area (Å²) in [5.74, 6) is 0.738. The van der Waals surface area contributed by atoms with Gasteiger partial charge in [-0.3, -0.25) is 0 Å². The van der Waals surface area contributed by atoms with E-state index in [4.69, 9.17) is 5.73 Å². The monoisotopic (exact) mass is 225 g/mol. The van der Waals surface area contributed by atoms with Gasteiger partial charge in [0.05, 0.1) is 0 Å². The molecule has 1 aliphatic carbocycles. The first-order valence-electron chi connectivity index (χ1n) is 5.65. The fourth-order valence-corrected chi connectivity index (χ4v) is 2.05. The van der Waals surface area contributed by atoms with Crippen LogP contribution < -0.4 is 5.73 Å². The number of rotatable bonds is 3. The Hall–Kier alpha value is -0.530. The summed E-state index contributed by atoms with van der Waals surface area (Å²) >= 11 is 0. The summed E-state index contributed by atoms with van der Waals surface area (Å²) in [6, 6.07) is 9.07. The minimum Gasteiger partial charge on any atom is -0.324 e. The lowest BCUT2D eigenvalue weighted by Gasteiger charge is -2.31. The van der Waals surface area contributed by atoms with Gasteiger partial charge in [-0.15, -0.1) is 12.4 Å². The first kappa shape index (κ1) is 12.5. The lowest BCUT2D eigenvalue weighted by atomic mass is 9.77. The molecule has 0 spiro atoms. The maximum atomic E-state index is 6.19. The zero-order valence-electron chi connectivity index (χ0n) is 9.28. The zero-order chi connectivity index (χ0) is 9.97. The summed E-state index contributed by atoms with van der Waals surface area (Å²) in [5.41, 5.74) is 8.90. The normalized spacial score (nSPS) is 17.7. The van der Waals surface area contributed by atoms with E-state index in [1.165, 1.54) is 30.4 Å². The highest BCUT2D eigenvalue weighted by Crippen LogP contribution is 2.36. The summed E-state index contributed by atoms with van der Waals surface area (Å²) in [5, 5.41) is 0. The molecule has 1 nitrogen and oxygen atoms in total. The van der Waals surface area contributed by atoms with Gasteiger partial charge in [-0.2, -0.15) is 0 Å². The number of benzene rings is 1. The summed E-state index contributed by atoms with van der Waals surface area (Å²) in [6.07, 6.45) is 5.11. The van der Waals surface area contributed by atoms with Gasteiger partial charge in [0.25, 0.3) is 0 Å². The minimum absolute atomic E-state index is 0. The van der Waals surface area contributed by atoms with Crippen LogP contribution in [-0.2, 0) is 6.42 Å². The third-order valence-electron chi connectivity index (χ3n) is 3.43. The number of halogens is 1. The van der Waals surface area contributed by atoms with Gasteiger partial charge in [0, 0.05) is 6.04 Å². The van der Waals surface area contributed by atoms with Gasteiger partial charge in [-0.25, -0.2) is 0 Å². The second kappa shape index (κ2) is 5.53. The fourth-order valence-electron chi connectivity index (χ4n) is 2.05. The van der Waals surface area contributed by atoms with Crippen molar-refractivity contribution in [3.8, 4) is 0 Å². The summed E-state index contributed by atoms with van der Waals surface area (Å²) in [7, 11) is 0. The SMILES string of the molecule is CCc1ccc(C(N)C2CCC2)cc1.Cl. The molecule has 1 aromatic rings. The Morgan fingerprint density at radius 2 is 1.87 bits per heavy atom. The van der Waals surface area contributed by atoms with Gasteiger partial charge in [-0.1, -0.05) is 37.6 Å². The van der Waals surface area contributed by atoms with Crippen molar-refractivity contribution >= 4 is 12.4 Å². The van der Waals surface area contributed by atoms with Crippen molar-refractivity contribution in [2.24, 2.45) is 11.7 Å². The Kier molecular flexibility index (Phi) is 4.62. The smallest absolute Gasteiger partial charge is 0.0323 e. The molecule has 0 radical (unpaired) electrons. The third kappa shape index (κ3) is 2.73. The Morgan fingerprint density at radius 3 is 2.27 bits per heavy atom. The van der Waals surface area contributed by atoms with Gasteiger partial charge in [0.1, 0.15) is 0 Å². The van der Waals surface area contributed by atoms with E-state index in [2.05, 4.69) is 31.2 Å². The molecule has 1 aromatic carbocycles. The van der Waals surface area contributed by atoms with Crippen molar-refractivity contribution in [1.29, 1.82) is 0 Å². The molecule has 2 N–H and O–H groups in total. The predicted molar refractivity (Wildman–Crippen MR) is 67.3 cm³/mol. The molecule has 2 rings (SSSR count). The van der Waals surface area contributed by atoms with Crippen molar-refractivity contribution in [3.05, 3.63) is 35.4 Å². The Labute approximate surface area is 98.5 Å². The quantitative estimate of drug-likeness (QED) is 0.838. The molecule has 84 valence electrons. The van der Waals surface area contributed by atoms with Crippen molar-refractivity contribution in [2.75, 3.05) is 0 Å². The van der Waals surface area contributed by atoms with Gasteiger partial charge >= 0.3 is 0 Å². The summed E-state index contributed by atoms with van der Waals surface area (Å²) in [4.78, 5) is 0. The Bertz CT molecular complexity index is 290. The highest BCUT2D eigenvalue weighted by atomic mass is 35.5. The molecule has 1 fully saturated rings. The van der Waals surface area contributed by atoms with Gasteiger partial charge < -0.3 is 5.73 Å². The number of hydrogen-bond acceptors (Lipinski definition) is 1. The van der Waals surface area contributed by atoms with Gasteiger partial charge in [0.15, 0.2) is 0 Å². The van der Waals surface area contributed by atoms with Crippen molar-refractivity contribution in [1.82, 2.24) is 0 Å². The van der Waals surface area contributed by atoms with E-state index >= 15 is 0 Å². The van der Waals surface area contributed by atoms with Crippen LogP contribution in [0, 0.1) is 5.92 Å². The van der Waals surface area contributed by atoms with E-state index in [0.717, 1.165) is 12.3 Å². The molecule has 0 aliphatic heterocycles. The van der Waals surface area contributed by atoms with E-state index in [-0.39, 0.29) is 18.4 Å². The van der Waals surface area contributed by atoms with Crippen LogP contribution in [0.5, 0.6) is 0 Å². The number of aryl methyl sites for hydroxylation is 1. The second-order valence-corrected chi connectivity index (χ2v) is 4.31. The molecular formula is C13H20ClN. The molecule has 0 bridgehead atoms. The maximum Gasteiger partial charge on any atom is 0.0323 e. The van der Waals surface area contributed by atoms with E-state index in [9.17, 15) is 0 Å². The molecule has 1 atom stereocenters. The highest BCUT2D eigenvalue weighted by Gasteiger charge is 2.25. The van der Waals surface area contributed by atoms with Gasteiger partial charge in [0.2, 0.25) is 0 Å². The van der Waals surface area contributed by atoms with Crippen LogP contribution in [0.1, 0.15) is 43.4 Å². The standard InChI is InChI=1S/C13H19N.ClH/c1-2-10-6-8-12(9-7-10)13(14)11-4-3-5-11;/h6-9,11,13H,2-5,14H2,1H3;1H. The average Bonchev–Trinajstić information content (AvgIpc) is 2.15. The topological polar surface area (TPSA) is 26.0 Å². The van der Waals surface area contributed by atoms with Crippen LogP contribution in [0.15, 0.2) is 24.3 Å². The first-order chi connectivity index (χ1) is 6.81. The molecule has 2 heteroatoms. The lowest BCUT2D eigenvalue weighted by molar-refractivity contribution is 0.264. The van der Waals surface area contributed by atoms with Crippen LogP contribution in [0.2, 0.25) is 0 Å². The Balaban J connectivity index is 0.00000112. The average molecular weight is 226 g/mol. The van der Waals surface area contributed by atoms with Crippen LogP contribution in [0.3, 0.4) is 0 Å². The molecular weight excluding hydrogens is 206 g/mol. The second-order valence-electron chi connectivity index (χ2n) is 4.31. The Morgan fingerprint density at radius 1 is 1.27 bits per heavy atom.